The highest BCUT2D eigenvalue weighted by Crippen LogP contribution is 1.93. The SMILES string of the molecule is CC(C)(C[NH2+]CCC(N)=O)[NH+]1CCOCC1. The van der Waals surface area contributed by atoms with Gasteiger partial charge in [0, 0.05) is 0 Å². The third-order valence-electron chi connectivity index (χ3n) is 3.30. The Morgan fingerprint density at radius 2 is 2.06 bits per heavy atom. The Kier molecular flexibility index (Phi) is 5.18. The highest BCUT2D eigenvalue weighted by Gasteiger charge is 2.33. The van der Waals surface area contributed by atoms with Gasteiger partial charge in [0.2, 0.25) is 5.91 Å². The number of amides is 1. The second-order valence-corrected chi connectivity index (χ2v) is 5.10. The number of carbonyl (C=O) groups excluding carboxylic acids is 1. The number of quaternary nitrogens is 2. The summed E-state index contributed by atoms with van der Waals surface area (Å²) in [6.07, 6.45) is 0.467. The molecule has 5 heteroatoms. The standard InChI is InChI=1S/C11H23N3O2/c1-11(2,9-13-4-3-10(12)15)14-5-7-16-8-6-14/h13H,3-9H2,1-2H3,(H2,12,15)/p+2. The van der Waals surface area contributed by atoms with Crippen LogP contribution in [0.1, 0.15) is 20.3 Å². The fourth-order valence-electron chi connectivity index (χ4n) is 2.15. The van der Waals surface area contributed by atoms with Crippen molar-refractivity contribution in [2.75, 3.05) is 39.4 Å². The number of nitrogens with two attached hydrogens (primary N) is 2. The number of ether oxygens (including phenoxy) is 1. The lowest BCUT2D eigenvalue weighted by Gasteiger charge is -2.36. The van der Waals surface area contributed by atoms with Crippen LogP contribution in [0.15, 0.2) is 0 Å². The van der Waals surface area contributed by atoms with Crippen LogP contribution >= 0.6 is 0 Å². The van der Waals surface area contributed by atoms with E-state index >= 15 is 0 Å². The van der Waals surface area contributed by atoms with Crippen molar-refractivity contribution in [3.8, 4) is 0 Å². The predicted octanol–water partition coefficient (Wildman–Crippen LogP) is -2.88. The van der Waals surface area contributed by atoms with Crippen LogP contribution in [0.3, 0.4) is 0 Å². The summed E-state index contributed by atoms with van der Waals surface area (Å²) >= 11 is 0. The van der Waals surface area contributed by atoms with E-state index in [0.29, 0.717) is 6.42 Å². The Bertz CT molecular complexity index is 225. The summed E-state index contributed by atoms with van der Waals surface area (Å²) in [4.78, 5) is 12.2. The fourth-order valence-corrected chi connectivity index (χ4v) is 2.15. The van der Waals surface area contributed by atoms with E-state index in [0.717, 1.165) is 39.4 Å². The van der Waals surface area contributed by atoms with Crippen molar-refractivity contribution in [3.63, 3.8) is 0 Å². The number of hydrogen-bond donors (Lipinski definition) is 3. The maximum atomic E-state index is 10.6. The summed E-state index contributed by atoms with van der Waals surface area (Å²) in [6.45, 7) is 10.2. The van der Waals surface area contributed by atoms with E-state index in [1.165, 1.54) is 0 Å². The van der Waals surface area contributed by atoms with Crippen LogP contribution in [-0.4, -0.2) is 50.8 Å². The monoisotopic (exact) mass is 231 g/mol. The number of hydrogen-bond acceptors (Lipinski definition) is 2. The summed E-state index contributed by atoms with van der Waals surface area (Å²) in [6, 6.07) is 0. The topological polar surface area (TPSA) is 73.4 Å². The fraction of sp³-hybridized carbons (Fsp3) is 0.909. The van der Waals surface area contributed by atoms with Gasteiger partial charge in [-0.2, -0.15) is 0 Å². The molecule has 0 saturated carbocycles. The van der Waals surface area contributed by atoms with E-state index < -0.39 is 0 Å². The van der Waals surface area contributed by atoms with Crippen LogP contribution in [0, 0.1) is 0 Å². The van der Waals surface area contributed by atoms with Crippen molar-refractivity contribution >= 4 is 5.91 Å². The molecule has 0 aromatic heterocycles. The first-order chi connectivity index (χ1) is 7.52. The second-order valence-electron chi connectivity index (χ2n) is 5.10. The Hall–Kier alpha value is -0.650. The molecule has 0 aromatic rings. The zero-order valence-electron chi connectivity index (χ0n) is 10.4. The molecule has 16 heavy (non-hydrogen) atoms. The number of morpholine rings is 1. The minimum absolute atomic E-state index is 0.215. The lowest BCUT2D eigenvalue weighted by atomic mass is 10.0. The third kappa shape index (κ3) is 4.47. The van der Waals surface area contributed by atoms with Crippen molar-refractivity contribution in [1.29, 1.82) is 0 Å². The molecule has 94 valence electrons. The summed E-state index contributed by atoms with van der Waals surface area (Å²) < 4.78 is 5.36. The molecule has 1 aliphatic rings. The number of nitrogens with one attached hydrogen (secondary N) is 1. The molecule has 5 nitrogen and oxygen atoms in total. The van der Waals surface area contributed by atoms with Gasteiger partial charge >= 0.3 is 0 Å². The Balaban J connectivity index is 2.24. The van der Waals surface area contributed by atoms with E-state index in [-0.39, 0.29) is 11.4 Å². The average Bonchev–Trinajstić information content (AvgIpc) is 2.26. The Morgan fingerprint density at radius 1 is 1.44 bits per heavy atom. The van der Waals surface area contributed by atoms with Gasteiger partial charge in [-0.25, -0.2) is 0 Å². The van der Waals surface area contributed by atoms with Crippen molar-refractivity contribution < 1.29 is 19.7 Å². The zero-order chi connectivity index (χ0) is 12.0. The first-order valence-electron chi connectivity index (χ1n) is 6.05. The molecular weight excluding hydrogens is 206 g/mol. The first kappa shape index (κ1) is 13.4. The quantitative estimate of drug-likeness (QED) is 0.430. The van der Waals surface area contributed by atoms with Gasteiger partial charge in [0.25, 0.3) is 0 Å². The molecule has 0 aliphatic carbocycles. The molecule has 1 fully saturated rings. The minimum Gasteiger partial charge on any atom is -0.370 e. The van der Waals surface area contributed by atoms with Gasteiger partial charge in [-0.05, 0) is 13.8 Å². The molecule has 5 N–H and O–H groups in total. The van der Waals surface area contributed by atoms with Crippen molar-refractivity contribution in [2.24, 2.45) is 5.73 Å². The maximum absolute atomic E-state index is 10.6. The summed E-state index contributed by atoms with van der Waals surface area (Å²) in [5.74, 6) is -0.215. The molecule has 0 atom stereocenters. The van der Waals surface area contributed by atoms with E-state index in [4.69, 9.17) is 10.5 Å². The van der Waals surface area contributed by atoms with E-state index in [1.807, 2.05) is 0 Å². The van der Waals surface area contributed by atoms with Crippen LogP contribution in [-0.2, 0) is 9.53 Å². The van der Waals surface area contributed by atoms with Gasteiger partial charge in [0.05, 0.1) is 26.2 Å². The van der Waals surface area contributed by atoms with Crippen molar-refractivity contribution in [3.05, 3.63) is 0 Å². The lowest BCUT2D eigenvalue weighted by Crippen LogP contribution is -3.23. The normalized spacial score (nSPS) is 18.6. The highest BCUT2D eigenvalue weighted by atomic mass is 16.5. The largest absolute Gasteiger partial charge is 0.370 e. The molecule has 1 aliphatic heterocycles. The minimum atomic E-state index is -0.215. The maximum Gasteiger partial charge on any atom is 0.223 e. The summed E-state index contributed by atoms with van der Waals surface area (Å²) in [5, 5.41) is 2.19. The molecule has 0 aromatic carbocycles. The summed E-state index contributed by atoms with van der Waals surface area (Å²) in [5.41, 5.74) is 5.34. The number of primary amides is 1. The lowest BCUT2D eigenvalue weighted by molar-refractivity contribution is -0.968. The van der Waals surface area contributed by atoms with E-state index in [2.05, 4.69) is 19.2 Å². The van der Waals surface area contributed by atoms with Gasteiger partial charge in [0.1, 0.15) is 25.2 Å². The van der Waals surface area contributed by atoms with Crippen LogP contribution in [0.25, 0.3) is 0 Å². The first-order valence-corrected chi connectivity index (χ1v) is 6.05. The molecule has 1 amide bonds. The molecule has 0 bridgehead atoms. The Labute approximate surface area is 97.3 Å². The average molecular weight is 231 g/mol. The van der Waals surface area contributed by atoms with Crippen LogP contribution in [0.5, 0.6) is 0 Å². The predicted molar refractivity (Wildman–Crippen MR) is 61.1 cm³/mol. The molecule has 0 radical (unpaired) electrons. The molecule has 0 spiro atoms. The van der Waals surface area contributed by atoms with Crippen LogP contribution in [0.2, 0.25) is 0 Å². The van der Waals surface area contributed by atoms with E-state index in [9.17, 15) is 4.79 Å². The molecule has 0 unspecified atom stereocenters. The molecule has 1 saturated heterocycles. The van der Waals surface area contributed by atoms with Crippen LogP contribution in [0.4, 0.5) is 0 Å². The molecule has 1 rings (SSSR count). The third-order valence-corrected chi connectivity index (χ3v) is 3.30. The summed E-state index contributed by atoms with van der Waals surface area (Å²) in [7, 11) is 0. The van der Waals surface area contributed by atoms with Gasteiger partial charge in [0.15, 0.2) is 0 Å². The van der Waals surface area contributed by atoms with Crippen molar-refractivity contribution in [2.45, 2.75) is 25.8 Å². The van der Waals surface area contributed by atoms with Gasteiger partial charge in [-0.1, -0.05) is 0 Å². The van der Waals surface area contributed by atoms with Crippen molar-refractivity contribution in [1.82, 2.24) is 0 Å². The molecular formula is C11H25N3O2+2. The molecule has 1 heterocycles. The smallest absolute Gasteiger partial charge is 0.223 e. The zero-order valence-corrected chi connectivity index (χ0v) is 10.4. The number of carbonyl (C=O) groups is 1. The van der Waals surface area contributed by atoms with Gasteiger partial charge in [-0.3, -0.25) is 4.79 Å². The van der Waals surface area contributed by atoms with E-state index in [1.54, 1.807) is 4.90 Å². The van der Waals surface area contributed by atoms with Crippen LogP contribution < -0.4 is 16.0 Å². The highest BCUT2D eigenvalue weighted by molar-refractivity contribution is 5.73. The van der Waals surface area contributed by atoms with Gasteiger partial charge in [-0.15, -0.1) is 0 Å². The van der Waals surface area contributed by atoms with Gasteiger partial charge < -0.3 is 20.7 Å². The Morgan fingerprint density at radius 3 is 2.62 bits per heavy atom. The second kappa shape index (κ2) is 6.18. The number of rotatable bonds is 6.